The van der Waals surface area contributed by atoms with Crippen molar-refractivity contribution in [2.45, 2.75) is 51.5 Å². The number of amides is 2. The number of esters is 1. The van der Waals surface area contributed by atoms with E-state index in [0.717, 1.165) is 24.8 Å². The summed E-state index contributed by atoms with van der Waals surface area (Å²) in [5.41, 5.74) is 0.436. The largest absolute Gasteiger partial charge is 0.465 e. The van der Waals surface area contributed by atoms with E-state index in [1.807, 2.05) is 13.8 Å². The second kappa shape index (κ2) is 10.1. The first kappa shape index (κ1) is 21.7. The third-order valence-corrected chi connectivity index (χ3v) is 5.29. The Balaban J connectivity index is 2.10. The molecule has 152 valence electrons. The van der Waals surface area contributed by atoms with Crippen LogP contribution in [0.2, 0.25) is 0 Å². The molecule has 0 atom stereocenters. The molecule has 1 aromatic rings. The van der Waals surface area contributed by atoms with Crippen LogP contribution >= 0.6 is 0 Å². The Hall–Kier alpha value is -2.63. The molecule has 1 fully saturated rings. The van der Waals surface area contributed by atoms with Gasteiger partial charge in [0, 0.05) is 19.2 Å². The lowest BCUT2D eigenvalue weighted by Gasteiger charge is -2.39. The van der Waals surface area contributed by atoms with Crippen LogP contribution in [0.25, 0.3) is 6.08 Å². The molecular formula is C22H30N2O4. The van der Waals surface area contributed by atoms with E-state index in [-0.39, 0.29) is 11.8 Å². The minimum Gasteiger partial charge on any atom is -0.465 e. The molecule has 6 nitrogen and oxygen atoms in total. The molecule has 1 aliphatic carbocycles. The molecule has 0 aromatic heterocycles. The van der Waals surface area contributed by atoms with Gasteiger partial charge >= 0.3 is 5.97 Å². The van der Waals surface area contributed by atoms with Crippen LogP contribution in [0, 0.1) is 0 Å². The summed E-state index contributed by atoms with van der Waals surface area (Å²) < 4.78 is 4.67. The number of nitrogens with one attached hydrogen (secondary N) is 1. The predicted octanol–water partition coefficient (Wildman–Crippen LogP) is 3.17. The van der Waals surface area contributed by atoms with E-state index < -0.39 is 11.5 Å². The molecule has 0 unspecified atom stereocenters. The summed E-state index contributed by atoms with van der Waals surface area (Å²) in [6.07, 6.45) is 7.43. The van der Waals surface area contributed by atoms with Crippen LogP contribution in [0.5, 0.6) is 0 Å². The zero-order valence-corrected chi connectivity index (χ0v) is 17.0. The molecule has 2 amide bonds. The van der Waals surface area contributed by atoms with Crippen LogP contribution in [0.3, 0.4) is 0 Å². The summed E-state index contributed by atoms with van der Waals surface area (Å²) in [4.78, 5) is 38.9. The highest BCUT2D eigenvalue weighted by molar-refractivity contribution is 5.97. The van der Waals surface area contributed by atoms with Gasteiger partial charge in [-0.2, -0.15) is 0 Å². The van der Waals surface area contributed by atoms with E-state index >= 15 is 0 Å². The minimum atomic E-state index is -0.805. The molecule has 0 spiro atoms. The molecule has 1 aromatic carbocycles. The fourth-order valence-electron chi connectivity index (χ4n) is 3.66. The van der Waals surface area contributed by atoms with Gasteiger partial charge in [0.15, 0.2) is 0 Å². The maximum atomic E-state index is 13.1. The first-order valence-corrected chi connectivity index (χ1v) is 9.93. The second-order valence-electron chi connectivity index (χ2n) is 7.06. The Morgan fingerprint density at radius 2 is 1.68 bits per heavy atom. The number of nitrogens with zero attached hydrogens (tertiary/aromatic N) is 1. The van der Waals surface area contributed by atoms with Crippen molar-refractivity contribution < 1.29 is 19.1 Å². The average Bonchev–Trinajstić information content (AvgIpc) is 2.73. The Kier molecular flexibility index (Phi) is 7.79. The molecule has 1 saturated carbocycles. The van der Waals surface area contributed by atoms with Crippen molar-refractivity contribution >= 4 is 23.9 Å². The molecule has 0 aliphatic heterocycles. The summed E-state index contributed by atoms with van der Waals surface area (Å²) in [7, 11) is 1.33. The Morgan fingerprint density at radius 3 is 2.21 bits per heavy atom. The van der Waals surface area contributed by atoms with Crippen LogP contribution in [-0.2, 0) is 14.3 Å². The molecule has 0 radical (unpaired) electrons. The van der Waals surface area contributed by atoms with Crippen molar-refractivity contribution in [1.82, 2.24) is 10.2 Å². The molecule has 1 aliphatic rings. The number of benzene rings is 1. The summed E-state index contributed by atoms with van der Waals surface area (Å²) in [5.74, 6) is -0.664. The molecule has 0 bridgehead atoms. The Morgan fingerprint density at radius 1 is 1.07 bits per heavy atom. The van der Waals surface area contributed by atoms with E-state index in [1.54, 1.807) is 35.2 Å². The van der Waals surface area contributed by atoms with E-state index in [4.69, 9.17) is 0 Å². The lowest BCUT2D eigenvalue weighted by Crippen LogP contribution is -2.60. The van der Waals surface area contributed by atoms with Gasteiger partial charge in [0.1, 0.15) is 5.54 Å². The maximum absolute atomic E-state index is 13.1. The number of hydrogen-bond donors (Lipinski definition) is 1. The SMILES string of the molecule is CCN(CC)C(=O)C1(NC(=O)C=Cc2ccc(C(=O)OC)cc2)CCCCC1. The minimum absolute atomic E-state index is 0.0152. The molecule has 28 heavy (non-hydrogen) atoms. The molecule has 0 saturated heterocycles. The van der Waals surface area contributed by atoms with Gasteiger partial charge in [-0.15, -0.1) is 0 Å². The van der Waals surface area contributed by atoms with Crippen LogP contribution in [0.1, 0.15) is 61.9 Å². The number of likely N-dealkylation sites (N-methyl/N-ethyl adjacent to an activating group) is 1. The van der Waals surface area contributed by atoms with Crippen molar-refractivity contribution in [3.63, 3.8) is 0 Å². The monoisotopic (exact) mass is 386 g/mol. The second-order valence-corrected chi connectivity index (χ2v) is 7.06. The summed E-state index contributed by atoms with van der Waals surface area (Å²) >= 11 is 0. The highest BCUT2D eigenvalue weighted by atomic mass is 16.5. The van der Waals surface area contributed by atoms with Crippen molar-refractivity contribution in [1.29, 1.82) is 0 Å². The van der Waals surface area contributed by atoms with Crippen molar-refractivity contribution in [2.24, 2.45) is 0 Å². The summed E-state index contributed by atoms with van der Waals surface area (Å²) in [5, 5.41) is 3.00. The number of methoxy groups -OCH3 is 1. The van der Waals surface area contributed by atoms with Crippen molar-refractivity contribution in [2.75, 3.05) is 20.2 Å². The molecular weight excluding hydrogens is 356 g/mol. The predicted molar refractivity (Wildman–Crippen MR) is 109 cm³/mol. The third kappa shape index (κ3) is 5.21. The van der Waals surface area contributed by atoms with E-state index in [0.29, 0.717) is 31.5 Å². The molecule has 6 heteroatoms. The smallest absolute Gasteiger partial charge is 0.337 e. The van der Waals surface area contributed by atoms with Gasteiger partial charge in [0.05, 0.1) is 12.7 Å². The number of carbonyl (C=O) groups excluding carboxylic acids is 3. The number of hydrogen-bond acceptors (Lipinski definition) is 4. The van der Waals surface area contributed by atoms with Crippen molar-refractivity contribution in [3.8, 4) is 0 Å². The molecule has 2 rings (SSSR count). The lowest BCUT2D eigenvalue weighted by atomic mass is 9.80. The van der Waals surface area contributed by atoms with Gasteiger partial charge in [-0.3, -0.25) is 9.59 Å². The number of ether oxygens (including phenoxy) is 1. The summed E-state index contributed by atoms with van der Waals surface area (Å²) in [6.45, 7) is 5.18. The Bertz CT molecular complexity index is 715. The first-order valence-electron chi connectivity index (χ1n) is 9.93. The van der Waals surface area contributed by atoms with E-state index in [9.17, 15) is 14.4 Å². The quantitative estimate of drug-likeness (QED) is 0.577. The van der Waals surface area contributed by atoms with Crippen molar-refractivity contribution in [3.05, 3.63) is 41.5 Å². The van der Waals surface area contributed by atoms with Gasteiger partial charge in [0.25, 0.3) is 0 Å². The maximum Gasteiger partial charge on any atom is 0.337 e. The summed E-state index contributed by atoms with van der Waals surface area (Å²) in [6, 6.07) is 6.78. The van der Waals surface area contributed by atoms with E-state index in [2.05, 4.69) is 10.1 Å². The topological polar surface area (TPSA) is 75.7 Å². The number of carbonyl (C=O) groups is 3. The first-order chi connectivity index (χ1) is 13.5. The zero-order chi connectivity index (χ0) is 20.6. The zero-order valence-electron chi connectivity index (χ0n) is 17.0. The van der Waals surface area contributed by atoms with Crippen LogP contribution < -0.4 is 5.32 Å². The number of rotatable bonds is 7. The van der Waals surface area contributed by atoms with Crippen LogP contribution in [0.4, 0.5) is 0 Å². The highest BCUT2D eigenvalue weighted by Crippen LogP contribution is 2.30. The third-order valence-electron chi connectivity index (χ3n) is 5.29. The van der Waals surface area contributed by atoms with E-state index in [1.165, 1.54) is 13.2 Å². The van der Waals surface area contributed by atoms with Gasteiger partial charge in [-0.1, -0.05) is 31.4 Å². The van der Waals surface area contributed by atoms with Gasteiger partial charge in [-0.05, 0) is 50.5 Å². The lowest BCUT2D eigenvalue weighted by molar-refractivity contribution is -0.142. The fraction of sp³-hybridized carbons (Fsp3) is 0.500. The van der Waals surface area contributed by atoms with Gasteiger partial charge in [0.2, 0.25) is 11.8 Å². The van der Waals surface area contributed by atoms with Gasteiger partial charge in [-0.25, -0.2) is 4.79 Å². The standard InChI is InChI=1S/C22H30N2O4/c1-4-24(5-2)21(27)22(15-7-6-8-16-22)23-19(25)14-11-17-9-12-18(13-10-17)20(26)28-3/h9-14H,4-8,15-16H2,1-3H3,(H,23,25). The van der Waals surface area contributed by atoms with Crippen LogP contribution in [0.15, 0.2) is 30.3 Å². The normalized spacial score (nSPS) is 15.8. The Labute approximate surface area is 166 Å². The van der Waals surface area contributed by atoms with Gasteiger partial charge < -0.3 is 15.0 Å². The molecule has 0 heterocycles. The molecule has 1 N–H and O–H groups in total. The highest BCUT2D eigenvalue weighted by Gasteiger charge is 2.42. The van der Waals surface area contributed by atoms with Crippen LogP contribution in [-0.4, -0.2) is 48.4 Å². The fourth-order valence-corrected chi connectivity index (χ4v) is 3.66. The average molecular weight is 386 g/mol.